The summed E-state index contributed by atoms with van der Waals surface area (Å²) in [6, 6.07) is 9.71. The summed E-state index contributed by atoms with van der Waals surface area (Å²) >= 11 is 0. The number of imidazole rings is 1. The summed E-state index contributed by atoms with van der Waals surface area (Å²) in [6.07, 6.45) is 0.208. The van der Waals surface area contributed by atoms with Crippen LogP contribution < -0.4 is 21.1 Å². The van der Waals surface area contributed by atoms with E-state index in [2.05, 4.69) is 46.0 Å². The van der Waals surface area contributed by atoms with Crippen molar-refractivity contribution < 1.29 is 18.3 Å². The summed E-state index contributed by atoms with van der Waals surface area (Å²) in [4.78, 5) is 32.3. The zero-order valence-electron chi connectivity index (χ0n) is 25.5. The molecule has 5 rings (SSSR count). The Balaban J connectivity index is 1.56. The lowest BCUT2D eigenvalue weighted by Crippen LogP contribution is -2.40. The number of anilines is 3. The zero-order chi connectivity index (χ0) is 31.3. The summed E-state index contributed by atoms with van der Waals surface area (Å²) in [6.45, 7) is 12.9. The lowest BCUT2D eigenvalue weighted by Gasteiger charge is -2.24. The number of aryl methyl sites for hydroxylation is 1. The molecule has 1 aliphatic rings. The number of fused-ring (bicyclic) bond motifs is 1. The number of nitrogens with one attached hydrogen (secondary N) is 2. The van der Waals surface area contributed by atoms with E-state index in [1.54, 1.807) is 0 Å². The average molecular weight is 594 g/mol. The third kappa shape index (κ3) is 6.18. The van der Waals surface area contributed by atoms with Crippen LogP contribution in [0, 0.1) is 11.6 Å². The molecule has 43 heavy (non-hydrogen) atoms. The lowest BCUT2D eigenvalue weighted by atomic mass is 9.96. The summed E-state index contributed by atoms with van der Waals surface area (Å²) in [5.41, 5.74) is 1.01. The predicted octanol–water partition coefficient (Wildman–Crippen LogP) is 5.54. The fourth-order valence-electron chi connectivity index (χ4n) is 5.36. The Morgan fingerprint density at radius 2 is 1.70 bits per heavy atom. The topological polar surface area (TPSA) is 106 Å². The van der Waals surface area contributed by atoms with E-state index in [1.807, 2.05) is 40.0 Å². The number of halogens is 2. The number of benzene rings is 2. The van der Waals surface area contributed by atoms with E-state index < -0.39 is 34.6 Å². The Hall–Kier alpha value is -4.48. The summed E-state index contributed by atoms with van der Waals surface area (Å²) in [5, 5.41) is 10.5. The smallest absolute Gasteiger partial charge is 0.407 e. The van der Waals surface area contributed by atoms with Crippen molar-refractivity contribution in [2.45, 2.75) is 65.0 Å². The molecule has 0 radical (unpaired) electrons. The number of rotatable bonds is 5. The molecule has 228 valence electrons. The fraction of sp³-hybridized carbons (Fsp3) is 0.419. The van der Waals surface area contributed by atoms with Gasteiger partial charge in [-0.05, 0) is 57.5 Å². The van der Waals surface area contributed by atoms with Crippen LogP contribution in [0.4, 0.5) is 30.8 Å². The van der Waals surface area contributed by atoms with E-state index in [9.17, 15) is 18.4 Å². The first-order valence-electron chi connectivity index (χ1n) is 14.2. The fourth-order valence-corrected chi connectivity index (χ4v) is 5.36. The highest BCUT2D eigenvalue weighted by atomic mass is 19.1. The second-order valence-corrected chi connectivity index (χ2v) is 12.8. The van der Waals surface area contributed by atoms with Crippen molar-refractivity contribution in [1.29, 1.82) is 0 Å². The lowest BCUT2D eigenvalue weighted by molar-refractivity contribution is 0.0509. The third-order valence-corrected chi connectivity index (χ3v) is 7.14. The maximum Gasteiger partial charge on any atom is 0.407 e. The molecule has 4 aromatic rings. The number of para-hydroxylation sites is 1. The molecule has 2 aromatic carbocycles. The predicted molar refractivity (Wildman–Crippen MR) is 162 cm³/mol. The van der Waals surface area contributed by atoms with E-state index in [4.69, 9.17) is 9.72 Å². The number of alkyl carbamates (subject to hydrolysis) is 1. The van der Waals surface area contributed by atoms with Gasteiger partial charge in [0.1, 0.15) is 22.6 Å². The van der Waals surface area contributed by atoms with Crippen molar-refractivity contribution in [1.82, 2.24) is 24.6 Å². The molecule has 1 fully saturated rings. The van der Waals surface area contributed by atoms with Gasteiger partial charge in [-0.1, -0.05) is 26.8 Å². The molecule has 12 heteroatoms. The Kier molecular flexibility index (Phi) is 7.66. The SMILES string of the molecule is Cn1c(C(C)(C)C)nc2c(N3CC[C@H](NC(=O)OC(C)(C)C)C3)c(Nc3ccc(=O)n(-c4c(F)cccc4F)n3)ccc21. The molecular weight excluding hydrogens is 556 g/mol. The molecule has 0 unspecified atom stereocenters. The Labute approximate surface area is 248 Å². The van der Waals surface area contributed by atoms with E-state index in [0.29, 0.717) is 29.9 Å². The molecule has 1 amide bonds. The second-order valence-electron chi connectivity index (χ2n) is 12.8. The number of ether oxygens (including phenoxy) is 1. The molecule has 1 saturated heterocycles. The molecular formula is C31H37F2N7O3. The maximum absolute atomic E-state index is 14.6. The highest BCUT2D eigenvalue weighted by molar-refractivity contribution is 5.98. The van der Waals surface area contributed by atoms with E-state index in [1.165, 1.54) is 18.2 Å². The average Bonchev–Trinajstić information content (AvgIpc) is 3.48. The first-order valence-corrected chi connectivity index (χ1v) is 14.2. The van der Waals surface area contributed by atoms with Crippen LogP contribution in [0.1, 0.15) is 53.8 Å². The Bertz CT molecular complexity index is 1730. The zero-order valence-corrected chi connectivity index (χ0v) is 25.5. The molecule has 0 saturated carbocycles. The highest BCUT2D eigenvalue weighted by Gasteiger charge is 2.31. The van der Waals surface area contributed by atoms with Crippen molar-refractivity contribution >= 4 is 34.3 Å². The van der Waals surface area contributed by atoms with Crippen molar-refractivity contribution in [3.05, 3.63) is 70.3 Å². The van der Waals surface area contributed by atoms with Gasteiger partial charge in [0.15, 0.2) is 17.5 Å². The molecule has 0 spiro atoms. The minimum absolute atomic E-state index is 0.159. The van der Waals surface area contributed by atoms with E-state index in [-0.39, 0.29) is 17.3 Å². The molecule has 2 aromatic heterocycles. The third-order valence-electron chi connectivity index (χ3n) is 7.14. The largest absolute Gasteiger partial charge is 0.444 e. The second kappa shape index (κ2) is 11.0. The van der Waals surface area contributed by atoms with Crippen LogP contribution in [0.5, 0.6) is 0 Å². The van der Waals surface area contributed by atoms with Crippen LogP contribution in [0.3, 0.4) is 0 Å². The van der Waals surface area contributed by atoms with Gasteiger partial charge in [-0.3, -0.25) is 4.79 Å². The van der Waals surface area contributed by atoms with Crippen LogP contribution in [0.15, 0.2) is 47.3 Å². The molecule has 1 atom stereocenters. The number of hydrogen-bond acceptors (Lipinski definition) is 7. The van der Waals surface area contributed by atoms with Gasteiger partial charge in [-0.15, -0.1) is 5.10 Å². The van der Waals surface area contributed by atoms with Crippen molar-refractivity contribution in [2.24, 2.45) is 7.05 Å². The normalized spacial score (nSPS) is 15.7. The molecule has 2 N–H and O–H groups in total. The van der Waals surface area contributed by atoms with Gasteiger partial charge in [0, 0.05) is 31.6 Å². The maximum atomic E-state index is 14.6. The van der Waals surface area contributed by atoms with Crippen LogP contribution in [0.25, 0.3) is 16.7 Å². The Morgan fingerprint density at radius 3 is 2.35 bits per heavy atom. The summed E-state index contributed by atoms with van der Waals surface area (Å²) in [7, 11) is 1.98. The summed E-state index contributed by atoms with van der Waals surface area (Å²) in [5.74, 6) is -0.710. The first-order chi connectivity index (χ1) is 20.1. The standard InChI is InChI=1S/C31H37F2N7O3/c1-30(2,3)28-36-25-22(38(28)7)12-11-21(27(25)39-16-15-18(17-39)34-29(42)43-31(4,5)6)35-23-13-14-24(41)40(37-23)26-19(32)9-8-10-20(26)33/h8-14,18H,15-17H2,1-7H3,(H,34,42)(H,35,37)/t18-/m0/s1. The highest BCUT2D eigenvalue weighted by Crippen LogP contribution is 2.39. The minimum Gasteiger partial charge on any atom is -0.444 e. The van der Waals surface area contributed by atoms with Gasteiger partial charge in [-0.2, -0.15) is 4.68 Å². The van der Waals surface area contributed by atoms with Crippen molar-refractivity contribution in [3.8, 4) is 5.69 Å². The van der Waals surface area contributed by atoms with Gasteiger partial charge < -0.3 is 24.8 Å². The van der Waals surface area contributed by atoms with Crippen molar-refractivity contribution in [2.75, 3.05) is 23.3 Å². The van der Waals surface area contributed by atoms with Gasteiger partial charge in [0.05, 0.1) is 22.9 Å². The minimum atomic E-state index is -0.905. The van der Waals surface area contributed by atoms with Gasteiger partial charge >= 0.3 is 6.09 Å². The van der Waals surface area contributed by atoms with Crippen LogP contribution in [-0.2, 0) is 17.2 Å². The molecule has 0 bridgehead atoms. The first kappa shape index (κ1) is 30.0. The molecule has 0 aliphatic carbocycles. The van der Waals surface area contributed by atoms with E-state index in [0.717, 1.165) is 34.7 Å². The number of aromatic nitrogens is 4. The van der Waals surface area contributed by atoms with Crippen LogP contribution in [-0.4, -0.2) is 50.2 Å². The van der Waals surface area contributed by atoms with Crippen LogP contribution in [0.2, 0.25) is 0 Å². The quantitative estimate of drug-likeness (QED) is 0.313. The molecule has 10 nitrogen and oxygen atoms in total. The van der Waals surface area contributed by atoms with Crippen molar-refractivity contribution in [3.63, 3.8) is 0 Å². The Morgan fingerprint density at radius 1 is 1.00 bits per heavy atom. The van der Waals surface area contributed by atoms with Gasteiger partial charge in [0.2, 0.25) is 0 Å². The molecule has 3 heterocycles. The molecule has 1 aliphatic heterocycles. The van der Waals surface area contributed by atoms with Crippen LogP contribution >= 0.6 is 0 Å². The number of carbonyl (C=O) groups is 1. The number of nitrogens with zero attached hydrogens (tertiary/aromatic N) is 5. The summed E-state index contributed by atoms with van der Waals surface area (Å²) < 4.78 is 37.3. The van der Waals surface area contributed by atoms with E-state index >= 15 is 0 Å². The monoisotopic (exact) mass is 593 g/mol. The number of amides is 1. The van der Waals surface area contributed by atoms with Gasteiger partial charge in [-0.25, -0.2) is 18.6 Å². The number of hydrogen-bond donors (Lipinski definition) is 2. The number of carbonyl (C=O) groups excluding carboxylic acids is 1. The van der Waals surface area contributed by atoms with Gasteiger partial charge in [0.25, 0.3) is 5.56 Å².